The summed E-state index contributed by atoms with van der Waals surface area (Å²) >= 11 is 0. The van der Waals surface area contributed by atoms with E-state index < -0.39 is 5.60 Å². The number of aromatic nitrogens is 1. The van der Waals surface area contributed by atoms with Crippen molar-refractivity contribution in [3.63, 3.8) is 0 Å². The van der Waals surface area contributed by atoms with Gasteiger partial charge in [-0.2, -0.15) is 0 Å². The van der Waals surface area contributed by atoms with Crippen LogP contribution in [0, 0.1) is 0 Å². The van der Waals surface area contributed by atoms with Gasteiger partial charge in [-0.25, -0.2) is 9.78 Å². The fourth-order valence-electron chi connectivity index (χ4n) is 2.28. The maximum atomic E-state index is 12.4. The predicted octanol–water partition coefficient (Wildman–Crippen LogP) is 1.97. The van der Waals surface area contributed by atoms with Crippen molar-refractivity contribution in [1.29, 1.82) is 0 Å². The maximum absolute atomic E-state index is 12.4. The van der Waals surface area contributed by atoms with Crippen molar-refractivity contribution in [3.8, 4) is 5.88 Å². The third-order valence-electron chi connectivity index (χ3n) is 3.22. The van der Waals surface area contributed by atoms with Gasteiger partial charge < -0.3 is 14.8 Å². The Hall–Kier alpha value is -1.82. The average Bonchev–Trinajstić information content (AvgIpc) is 2.45. The van der Waals surface area contributed by atoms with Crippen LogP contribution in [0.1, 0.15) is 32.4 Å². The normalized spacial score (nSPS) is 19.2. The lowest BCUT2D eigenvalue weighted by atomic mass is 10.1. The Kier molecular flexibility index (Phi) is 4.67. The van der Waals surface area contributed by atoms with Crippen LogP contribution in [0.15, 0.2) is 18.3 Å². The van der Waals surface area contributed by atoms with Crippen molar-refractivity contribution < 1.29 is 14.3 Å². The van der Waals surface area contributed by atoms with Gasteiger partial charge in [0, 0.05) is 31.9 Å². The first-order valence-corrected chi connectivity index (χ1v) is 7.11. The highest BCUT2D eigenvalue weighted by atomic mass is 16.6. The highest BCUT2D eigenvalue weighted by Crippen LogP contribution is 2.26. The molecule has 1 aliphatic heterocycles. The molecule has 2 rings (SSSR count). The number of rotatable bonds is 2. The lowest BCUT2D eigenvalue weighted by molar-refractivity contribution is 0.0117. The highest BCUT2D eigenvalue weighted by molar-refractivity contribution is 5.69. The van der Waals surface area contributed by atoms with E-state index in [1.54, 1.807) is 18.2 Å². The Morgan fingerprint density at radius 1 is 1.48 bits per heavy atom. The molecule has 116 valence electrons. The zero-order valence-electron chi connectivity index (χ0n) is 13.0. The molecule has 1 N–H and O–H groups in total. The molecule has 1 amide bonds. The third-order valence-corrected chi connectivity index (χ3v) is 3.22. The number of pyridine rings is 1. The van der Waals surface area contributed by atoms with Gasteiger partial charge in [0.2, 0.25) is 5.88 Å². The van der Waals surface area contributed by atoms with E-state index in [9.17, 15) is 4.79 Å². The summed E-state index contributed by atoms with van der Waals surface area (Å²) < 4.78 is 10.7. The van der Waals surface area contributed by atoms with Crippen molar-refractivity contribution >= 4 is 6.09 Å². The lowest BCUT2D eigenvalue weighted by Gasteiger charge is -2.37. The number of nitrogens with zero attached hydrogens (tertiary/aromatic N) is 2. The molecule has 1 unspecified atom stereocenters. The monoisotopic (exact) mass is 293 g/mol. The van der Waals surface area contributed by atoms with Crippen LogP contribution in [-0.2, 0) is 4.74 Å². The summed E-state index contributed by atoms with van der Waals surface area (Å²) in [6.07, 6.45) is 1.40. The molecular formula is C15H23N3O3. The van der Waals surface area contributed by atoms with Crippen LogP contribution in [0.25, 0.3) is 0 Å². The van der Waals surface area contributed by atoms with E-state index in [-0.39, 0.29) is 12.1 Å². The van der Waals surface area contributed by atoms with Crippen molar-refractivity contribution in [2.24, 2.45) is 0 Å². The number of nitrogens with one attached hydrogen (secondary N) is 1. The van der Waals surface area contributed by atoms with E-state index in [0.29, 0.717) is 19.0 Å². The number of amides is 1. The van der Waals surface area contributed by atoms with Crippen LogP contribution in [0.5, 0.6) is 5.88 Å². The summed E-state index contributed by atoms with van der Waals surface area (Å²) in [7, 11) is 1.58. The molecule has 2 heterocycles. The molecule has 0 saturated carbocycles. The van der Waals surface area contributed by atoms with Crippen LogP contribution < -0.4 is 10.1 Å². The Morgan fingerprint density at radius 3 is 2.90 bits per heavy atom. The van der Waals surface area contributed by atoms with Crippen molar-refractivity contribution in [2.45, 2.75) is 32.4 Å². The molecule has 1 aliphatic rings. The van der Waals surface area contributed by atoms with Crippen molar-refractivity contribution in [3.05, 3.63) is 23.9 Å². The number of hydrogen-bond donors (Lipinski definition) is 1. The highest BCUT2D eigenvalue weighted by Gasteiger charge is 2.31. The average molecular weight is 293 g/mol. The van der Waals surface area contributed by atoms with Crippen LogP contribution in [-0.4, -0.2) is 48.3 Å². The summed E-state index contributed by atoms with van der Waals surface area (Å²) in [6, 6.07) is 3.68. The first-order valence-electron chi connectivity index (χ1n) is 7.11. The van der Waals surface area contributed by atoms with Crippen LogP contribution in [0.3, 0.4) is 0 Å². The summed E-state index contributed by atoms with van der Waals surface area (Å²) in [5.74, 6) is 0.544. The standard InChI is InChI=1S/C15H23N3O3/c1-15(2,3)21-14(19)18-8-7-16-10-12(18)11-5-6-17-13(9-11)20-4/h5-6,9,12,16H,7-8,10H2,1-4H3. The Bertz CT molecular complexity index is 499. The molecule has 1 aromatic rings. The second kappa shape index (κ2) is 6.30. The molecule has 21 heavy (non-hydrogen) atoms. The smallest absolute Gasteiger partial charge is 0.410 e. The van der Waals surface area contributed by atoms with Gasteiger partial charge in [0.1, 0.15) is 5.60 Å². The van der Waals surface area contributed by atoms with Gasteiger partial charge in [-0.15, -0.1) is 0 Å². The Balaban J connectivity index is 2.20. The molecule has 1 saturated heterocycles. The second-order valence-electron chi connectivity index (χ2n) is 6.03. The number of ether oxygens (including phenoxy) is 2. The van der Waals surface area contributed by atoms with Gasteiger partial charge in [-0.1, -0.05) is 0 Å². The van der Waals surface area contributed by atoms with Gasteiger partial charge in [-0.3, -0.25) is 4.90 Å². The summed E-state index contributed by atoms with van der Waals surface area (Å²) in [5.41, 5.74) is 0.488. The van der Waals surface area contributed by atoms with Gasteiger partial charge in [0.15, 0.2) is 0 Å². The number of hydrogen-bond acceptors (Lipinski definition) is 5. The van der Waals surface area contributed by atoms with Gasteiger partial charge in [-0.05, 0) is 32.4 Å². The number of carbonyl (C=O) groups is 1. The molecular weight excluding hydrogens is 270 g/mol. The fourth-order valence-corrected chi connectivity index (χ4v) is 2.28. The van der Waals surface area contributed by atoms with Gasteiger partial charge in [0.25, 0.3) is 0 Å². The van der Waals surface area contributed by atoms with E-state index in [4.69, 9.17) is 9.47 Å². The number of carbonyl (C=O) groups excluding carboxylic acids is 1. The van der Waals surface area contributed by atoms with Crippen molar-refractivity contribution in [2.75, 3.05) is 26.7 Å². The van der Waals surface area contributed by atoms with E-state index in [0.717, 1.165) is 12.1 Å². The van der Waals surface area contributed by atoms with E-state index >= 15 is 0 Å². The first kappa shape index (κ1) is 15.6. The van der Waals surface area contributed by atoms with Crippen LogP contribution in [0.4, 0.5) is 4.79 Å². The van der Waals surface area contributed by atoms with Crippen LogP contribution in [0.2, 0.25) is 0 Å². The molecule has 6 heteroatoms. The van der Waals surface area contributed by atoms with E-state index in [1.807, 2.05) is 32.9 Å². The maximum Gasteiger partial charge on any atom is 0.410 e. The Morgan fingerprint density at radius 2 is 2.24 bits per heavy atom. The SMILES string of the molecule is COc1cc(C2CNCCN2C(=O)OC(C)(C)C)ccn1. The molecule has 6 nitrogen and oxygen atoms in total. The number of methoxy groups -OCH3 is 1. The zero-order chi connectivity index (χ0) is 15.5. The van der Waals surface area contributed by atoms with E-state index in [1.165, 1.54) is 0 Å². The zero-order valence-corrected chi connectivity index (χ0v) is 13.0. The molecule has 1 fully saturated rings. The third kappa shape index (κ3) is 4.07. The minimum atomic E-state index is -0.498. The molecule has 0 aromatic carbocycles. The molecule has 0 aliphatic carbocycles. The molecule has 0 radical (unpaired) electrons. The molecule has 0 bridgehead atoms. The number of piperazine rings is 1. The van der Waals surface area contributed by atoms with Gasteiger partial charge in [0.05, 0.1) is 13.2 Å². The predicted molar refractivity (Wildman–Crippen MR) is 79.3 cm³/mol. The minimum Gasteiger partial charge on any atom is -0.481 e. The molecule has 0 spiro atoms. The molecule has 1 aromatic heterocycles. The van der Waals surface area contributed by atoms with E-state index in [2.05, 4.69) is 10.3 Å². The van der Waals surface area contributed by atoms with Gasteiger partial charge >= 0.3 is 6.09 Å². The quantitative estimate of drug-likeness (QED) is 0.903. The molecule has 1 atom stereocenters. The Labute approximate surface area is 125 Å². The lowest BCUT2D eigenvalue weighted by Crippen LogP contribution is -2.50. The summed E-state index contributed by atoms with van der Waals surface area (Å²) in [5, 5.41) is 3.31. The summed E-state index contributed by atoms with van der Waals surface area (Å²) in [4.78, 5) is 18.2. The second-order valence-corrected chi connectivity index (χ2v) is 6.03. The summed E-state index contributed by atoms with van der Waals surface area (Å²) in [6.45, 7) is 7.68. The minimum absolute atomic E-state index is 0.0782. The fraction of sp³-hybridized carbons (Fsp3) is 0.600. The largest absolute Gasteiger partial charge is 0.481 e. The first-order chi connectivity index (χ1) is 9.90. The topological polar surface area (TPSA) is 63.7 Å². The van der Waals surface area contributed by atoms with Crippen LogP contribution >= 0.6 is 0 Å². The van der Waals surface area contributed by atoms with Crippen molar-refractivity contribution in [1.82, 2.24) is 15.2 Å².